The number of fused-ring (bicyclic) bond motifs is 1. The smallest absolute Gasteiger partial charge is 0.184 e. The number of thiazole rings is 1. The monoisotopic (exact) mass is 275 g/mol. The Morgan fingerprint density at radius 1 is 1.42 bits per heavy atom. The molecule has 1 aliphatic heterocycles. The van der Waals surface area contributed by atoms with Gasteiger partial charge >= 0.3 is 0 Å². The second-order valence-electron chi connectivity index (χ2n) is 5.77. The van der Waals surface area contributed by atoms with E-state index in [-0.39, 0.29) is 0 Å². The van der Waals surface area contributed by atoms with E-state index in [1.54, 1.807) is 11.3 Å². The highest BCUT2D eigenvalue weighted by Crippen LogP contribution is 2.29. The Bertz CT molecular complexity index is 578. The van der Waals surface area contributed by atoms with Gasteiger partial charge in [-0.2, -0.15) is 0 Å². The van der Waals surface area contributed by atoms with Crippen molar-refractivity contribution in [3.05, 3.63) is 23.8 Å². The number of piperidine rings is 1. The summed E-state index contributed by atoms with van der Waals surface area (Å²) in [5, 5.41) is 4.71. The summed E-state index contributed by atoms with van der Waals surface area (Å²) in [7, 11) is 2.20. The zero-order valence-corrected chi connectivity index (χ0v) is 12.6. The lowest BCUT2D eigenvalue weighted by atomic mass is 9.94. The number of likely N-dealkylation sites (tertiary alicyclic amines) is 1. The SMILES string of the molecule is Cc1ccc2nc(NC3CCN(C)CC3C)sc2c1. The van der Waals surface area contributed by atoms with Gasteiger partial charge in [-0.05, 0) is 50.6 Å². The Balaban J connectivity index is 1.77. The van der Waals surface area contributed by atoms with Crippen molar-refractivity contribution in [2.45, 2.75) is 26.3 Å². The van der Waals surface area contributed by atoms with Gasteiger partial charge in [-0.3, -0.25) is 0 Å². The molecule has 19 heavy (non-hydrogen) atoms. The number of nitrogens with one attached hydrogen (secondary N) is 1. The zero-order chi connectivity index (χ0) is 13.4. The van der Waals surface area contributed by atoms with E-state index in [0.717, 1.165) is 10.6 Å². The summed E-state index contributed by atoms with van der Waals surface area (Å²) in [5.74, 6) is 0.674. The van der Waals surface area contributed by atoms with Gasteiger partial charge in [0, 0.05) is 12.6 Å². The topological polar surface area (TPSA) is 28.2 Å². The molecule has 102 valence electrons. The number of hydrogen-bond donors (Lipinski definition) is 1. The van der Waals surface area contributed by atoms with Crippen LogP contribution in [0.15, 0.2) is 18.2 Å². The highest BCUT2D eigenvalue weighted by Gasteiger charge is 2.24. The Kier molecular flexibility index (Phi) is 3.46. The molecule has 2 unspecified atom stereocenters. The lowest BCUT2D eigenvalue weighted by Crippen LogP contribution is -2.43. The molecular formula is C15H21N3S. The Labute approximate surface area is 118 Å². The molecular weight excluding hydrogens is 254 g/mol. The minimum atomic E-state index is 0.554. The first kappa shape index (κ1) is 12.9. The quantitative estimate of drug-likeness (QED) is 0.911. The van der Waals surface area contributed by atoms with Gasteiger partial charge in [0.15, 0.2) is 5.13 Å². The van der Waals surface area contributed by atoms with Gasteiger partial charge in [0.25, 0.3) is 0 Å². The van der Waals surface area contributed by atoms with Crippen LogP contribution >= 0.6 is 11.3 Å². The maximum Gasteiger partial charge on any atom is 0.184 e. The molecule has 1 aliphatic rings. The van der Waals surface area contributed by atoms with Crippen molar-refractivity contribution < 1.29 is 0 Å². The summed E-state index contributed by atoms with van der Waals surface area (Å²) in [4.78, 5) is 7.10. The third-order valence-corrected chi connectivity index (χ3v) is 4.91. The third-order valence-electron chi connectivity index (χ3n) is 3.96. The maximum absolute atomic E-state index is 4.70. The van der Waals surface area contributed by atoms with Gasteiger partial charge in [-0.15, -0.1) is 0 Å². The number of benzene rings is 1. The van der Waals surface area contributed by atoms with E-state index in [1.165, 1.54) is 29.8 Å². The van der Waals surface area contributed by atoms with E-state index in [9.17, 15) is 0 Å². The van der Waals surface area contributed by atoms with Crippen molar-refractivity contribution in [3.8, 4) is 0 Å². The van der Waals surface area contributed by atoms with Crippen LogP contribution in [0.25, 0.3) is 10.2 Å². The summed E-state index contributed by atoms with van der Waals surface area (Å²) in [6, 6.07) is 7.02. The molecule has 0 radical (unpaired) electrons. The minimum absolute atomic E-state index is 0.554. The molecule has 1 aromatic heterocycles. The predicted molar refractivity (Wildman–Crippen MR) is 83.0 cm³/mol. The molecule has 0 saturated carbocycles. The molecule has 4 heteroatoms. The number of aromatic nitrogens is 1. The summed E-state index contributed by atoms with van der Waals surface area (Å²) in [5.41, 5.74) is 2.41. The van der Waals surface area contributed by atoms with Crippen molar-refractivity contribution in [2.24, 2.45) is 5.92 Å². The van der Waals surface area contributed by atoms with Crippen molar-refractivity contribution in [1.29, 1.82) is 0 Å². The van der Waals surface area contributed by atoms with Gasteiger partial charge in [-0.1, -0.05) is 24.3 Å². The largest absolute Gasteiger partial charge is 0.358 e. The molecule has 3 nitrogen and oxygen atoms in total. The highest BCUT2D eigenvalue weighted by molar-refractivity contribution is 7.22. The van der Waals surface area contributed by atoms with Crippen LogP contribution < -0.4 is 5.32 Å². The minimum Gasteiger partial charge on any atom is -0.358 e. The zero-order valence-electron chi connectivity index (χ0n) is 11.8. The fraction of sp³-hybridized carbons (Fsp3) is 0.533. The average molecular weight is 275 g/mol. The molecule has 1 saturated heterocycles. The van der Waals surface area contributed by atoms with Crippen LogP contribution in [-0.2, 0) is 0 Å². The first-order valence-electron chi connectivity index (χ1n) is 6.94. The molecule has 2 heterocycles. The predicted octanol–water partition coefficient (Wildman–Crippen LogP) is 3.36. The van der Waals surface area contributed by atoms with E-state index in [2.05, 4.69) is 49.3 Å². The van der Waals surface area contributed by atoms with Crippen molar-refractivity contribution in [2.75, 3.05) is 25.5 Å². The van der Waals surface area contributed by atoms with Crippen molar-refractivity contribution in [1.82, 2.24) is 9.88 Å². The molecule has 0 amide bonds. The van der Waals surface area contributed by atoms with Crippen LogP contribution in [0.2, 0.25) is 0 Å². The lowest BCUT2D eigenvalue weighted by Gasteiger charge is -2.35. The molecule has 2 atom stereocenters. The summed E-state index contributed by atoms with van der Waals surface area (Å²) in [6.07, 6.45) is 1.20. The van der Waals surface area contributed by atoms with Crippen LogP contribution in [0.3, 0.4) is 0 Å². The molecule has 0 aliphatic carbocycles. The van der Waals surface area contributed by atoms with E-state index < -0.39 is 0 Å². The van der Waals surface area contributed by atoms with E-state index in [0.29, 0.717) is 12.0 Å². The molecule has 1 N–H and O–H groups in total. The first-order valence-corrected chi connectivity index (χ1v) is 7.76. The lowest BCUT2D eigenvalue weighted by molar-refractivity contribution is 0.206. The van der Waals surface area contributed by atoms with Crippen molar-refractivity contribution in [3.63, 3.8) is 0 Å². The molecule has 0 spiro atoms. The van der Waals surface area contributed by atoms with Crippen LogP contribution in [0, 0.1) is 12.8 Å². The summed E-state index contributed by atoms with van der Waals surface area (Å²) < 4.78 is 1.28. The Morgan fingerprint density at radius 3 is 3.05 bits per heavy atom. The number of anilines is 1. The fourth-order valence-electron chi connectivity index (χ4n) is 2.82. The van der Waals surface area contributed by atoms with Crippen molar-refractivity contribution >= 4 is 26.7 Å². The number of aryl methyl sites for hydroxylation is 1. The van der Waals surface area contributed by atoms with E-state index in [1.807, 2.05) is 0 Å². The molecule has 1 fully saturated rings. The summed E-state index contributed by atoms with van der Waals surface area (Å²) >= 11 is 1.77. The second kappa shape index (κ2) is 5.10. The van der Waals surface area contributed by atoms with Gasteiger partial charge in [0.2, 0.25) is 0 Å². The van der Waals surface area contributed by atoms with Crippen LogP contribution in [0.4, 0.5) is 5.13 Å². The van der Waals surface area contributed by atoms with Crippen LogP contribution in [0.5, 0.6) is 0 Å². The fourth-order valence-corrected chi connectivity index (χ4v) is 3.85. The van der Waals surface area contributed by atoms with Gasteiger partial charge in [-0.25, -0.2) is 4.98 Å². The van der Waals surface area contributed by atoms with Gasteiger partial charge in [0.05, 0.1) is 10.2 Å². The number of hydrogen-bond acceptors (Lipinski definition) is 4. The van der Waals surface area contributed by atoms with E-state index >= 15 is 0 Å². The number of rotatable bonds is 2. The first-order chi connectivity index (χ1) is 9.11. The van der Waals surface area contributed by atoms with Crippen LogP contribution in [-0.4, -0.2) is 36.1 Å². The standard InChI is InChI=1S/C15H21N3S/c1-10-4-5-13-14(8-10)19-15(17-13)16-12-6-7-18(3)9-11(12)2/h4-5,8,11-12H,6-7,9H2,1-3H3,(H,16,17). The van der Waals surface area contributed by atoms with Gasteiger partial charge in [0.1, 0.15) is 0 Å². The highest BCUT2D eigenvalue weighted by atomic mass is 32.1. The van der Waals surface area contributed by atoms with Crippen LogP contribution in [0.1, 0.15) is 18.9 Å². The molecule has 0 bridgehead atoms. The number of nitrogens with zero attached hydrogens (tertiary/aromatic N) is 2. The maximum atomic E-state index is 4.70. The van der Waals surface area contributed by atoms with E-state index in [4.69, 9.17) is 4.98 Å². The summed E-state index contributed by atoms with van der Waals surface area (Å²) in [6.45, 7) is 6.80. The third kappa shape index (κ3) is 2.74. The molecule has 1 aromatic carbocycles. The van der Waals surface area contributed by atoms with Gasteiger partial charge < -0.3 is 10.2 Å². The molecule has 3 rings (SSSR count). The second-order valence-corrected chi connectivity index (χ2v) is 6.80. The Morgan fingerprint density at radius 2 is 2.26 bits per heavy atom. The normalized spacial score (nSPS) is 24.8. The Hall–Kier alpha value is -1.13. The average Bonchev–Trinajstić information content (AvgIpc) is 2.74. The molecule has 2 aromatic rings.